The van der Waals surface area contributed by atoms with Crippen molar-refractivity contribution < 1.29 is 4.79 Å². The number of aryl methyl sites for hydroxylation is 1. The highest BCUT2D eigenvalue weighted by Crippen LogP contribution is 2.26. The van der Waals surface area contributed by atoms with E-state index >= 15 is 0 Å². The molecule has 1 saturated carbocycles. The van der Waals surface area contributed by atoms with Gasteiger partial charge in [0.2, 0.25) is 5.91 Å². The lowest BCUT2D eigenvalue weighted by Gasteiger charge is -2.24. The van der Waals surface area contributed by atoms with Crippen molar-refractivity contribution in [1.82, 2.24) is 14.9 Å². The summed E-state index contributed by atoms with van der Waals surface area (Å²) in [5.41, 5.74) is 8.20. The van der Waals surface area contributed by atoms with Gasteiger partial charge in [-0.2, -0.15) is 0 Å². The average Bonchev–Trinajstić information content (AvgIpc) is 2.91. The maximum absolute atomic E-state index is 12.2. The smallest absolute Gasteiger partial charge is 0.236 e. The molecule has 1 atom stereocenters. The summed E-state index contributed by atoms with van der Waals surface area (Å²) in [7, 11) is 0. The number of fused-ring (bicyclic) bond motifs is 1. The maximum atomic E-state index is 12.2. The fourth-order valence-corrected chi connectivity index (χ4v) is 3.79. The molecular formula is C19H28N4O. The normalized spacial score (nSPS) is 17.1. The summed E-state index contributed by atoms with van der Waals surface area (Å²) in [4.78, 5) is 16.8. The molecular weight excluding hydrogens is 300 g/mol. The highest BCUT2D eigenvalue weighted by molar-refractivity contribution is 5.81. The second-order valence-electron chi connectivity index (χ2n) is 6.94. The first-order valence-electron chi connectivity index (χ1n) is 9.10. The van der Waals surface area contributed by atoms with Gasteiger partial charge in [-0.25, -0.2) is 4.98 Å². The van der Waals surface area contributed by atoms with Gasteiger partial charge in [0.15, 0.2) is 0 Å². The van der Waals surface area contributed by atoms with Crippen molar-refractivity contribution in [3.8, 4) is 0 Å². The monoisotopic (exact) mass is 328 g/mol. The lowest BCUT2D eigenvalue weighted by atomic mass is 9.85. The molecule has 1 heterocycles. The number of imidazole rings is 1. The van der Waals surface area contributed by atoms with Crippen LogP contribution in [0.15, 0.2) is 24.3 Å². The van der Waals surface area contributed by atoms with E-state index in [0.29, 0.717) is 19.0 Å². The number of nitrogens with two attached hydrogens (primary N) is 1. The minimum Gasteiger partial charge on any atom is -0.353 e. The van der Waals surface area contributed by atoms with Crippen LogP contribution in [-0.2, 0) is 11.3 Å². The Balaban J connectivity index is 1.49. The second-order valence-corrected chi connectivity index (χ2v) is 6.94. The zero-order valence-electron chi connectivity index (χ0n) is 14.5. The summed E-state index contributed by atoms with van der Waals surface area (Å²) >= 11 is 0. The van der Waals surface area contributed by atoms with Crippen LogP contribution >= 0.6 is 0 Å². The molecule has 130 valence electrons. The lowest BCUT2D eigenvalue weighted by molar-refractivity contribution is -0.122. The standard InChI is InChI=1S/C19H28N4O/c1-14-22-17-9-5-6-10-18(17)23(14)12-11-21-19(24)16(20)13-15-7-3-2-4-8-15/h5-6,9-10,15-16H,2-4,7-8,11-13,20H2,1H3,(H,21,24). The van der Waals surface area contributed by atoms with Crippen molar-refractivity contribution >= 4 is 16.9 Å². The zero-order valence-corrected chi connectivity index (χ0v) is 14.5. The molecule has 0 radical (unpaired) electrons. The zero-order chi connectivity index (χ0) is 16.9. The summed E-state index contributed by atoms with van der Waals surface area (Å²) in [5, 5.41) is 2.99. The molecule has 1 aromatic heterocycles. The van der Waals surface area contributed by atoms with Gasteiger partial charge in [0.25, 0.3) is 0 Å². The van der Waals surface area contributed by atoms with Gasteiger partial charge in [-0.1, -0.05) is 44.2 Å². The molecule has 1 unspecified atom stereocenters. The molecule has 1 aliphatic rings. The Morgan fingerprint density at radius 2 is 2.08 bits per heavy atom. The van der Waals surface area contributed by atoms with Gasteiger partial charge in [-0.15, -0.1) is 0 Å². The fourth-order valence-electron chi connectivity index (χ4n) is 3.79. The number of benzene rings is 1. The van der Waals surface area contributed by atoms with Gasteiger partial charge >= 0.3 is 0 Å². The van der Waals surface area contributed by atoms with Crippen molar-refractivity contribution in [3.05, 3.63) is 30.1 Å². The Morgan fingerprint density at radius 1 is 1.33 bits per heavy atom. The molecule has 0 spiro atoms. The fraction of sp³-hybridized carbons (Fsp3) is 0.579. The van der Waals surface area contributed by atoms with Crippen molar-refractivity contribution in [2.45, 2.75) is 58.0 Å². The van der Waals surface area contributed by atoms with Gasteiger partial charge in [-0.05, 0) is 31.4 Å². The lowest BCUT2D eigenvalue weighted by Crippen LogP contribution is -2.43. The molecule has 1 aliphatic carbocycles. The van der Waals surface area contributed by atoms with E-state index in [1.54, 1.807) is 0 Å². The van der Waals surface area contributed by atoms with Crippen molar-refractivity contribution in [3.63, 3.8) is 0 Å². The van der Waals surface area contributed by atoms with Crippen LogP contribution < -0.4 is 11.1 Å². The molecule has 24 heavy (non-hydrogen) atoms. The highest BCUT2D eigenvalue weighted by atomic mass is 16.2. The summed E-state index contributed by atoms with van der Waals surface area (Å²) in [6.45, 7) is 3.29. The number of nitrogens with zero attached hydrogens (tertiary/aromatic N) is 2. The van der Waals surface area contributed by atoms with E-state index in [1.165, 1.54) is 32.1 Å². The van der Waals surface area contributed by atoms with Crippen molar-refractivity contribution in [2.24, 2.45) is 11.7 Å². The van der Waals surface area contributed by atoms with E-state index < -0.39 is 0 Å². The van der Waals surface area contributed by atoms with Gasteiger partial charge in [0, 0.05) is 13.1 Å². The van der Waals surface area contributed by atoms with Crippen LogP contribution in [-0.4, -0.2) is 28.0 Å². The summed E-state index contributed by atoms with van der Waals surface area (Å²) in [6.07, 6.45) is 7.16. The van der Waals surface area contributed by atoms with Crippen molar-refractivity contribution in [2.75, 3.05) is 6.54 Å². The molecule has 2 aromatic rings. The number of nitrogens with one attached hydrogen (secondary N) is 1. The predicted molar refractivity (Wildman–Crippen MR) is 96.6 cm³/mol. The van der Waals surface area contributed by atoms with Crippen LogP contribution in [0.1, 0.15) is 44.3 Å². The molecule has 5 heteroatoms. The predicted octanol–water partition coefficient (Wildman–Crippen LogP) is 2.76. The third kappa shape index (κ3) is 3.96. The second kappa shape index (κ2) is 7.79. The third-order valence-electron chi connectivity index (χ3n) is 5.13. The van der Waals surface area contributed by atoms with Crippen LogP contribution in [0.2, 0.25) is 0 Å². The van der Waals surface area contributed by atoms with E-state index in [2.05, 4.69) is 20.9 Å². The Morgan fingerprint density at radius 3 is 2.88 bits per heavy atom. The SMILES string of the molecule is Cc1nc2ccccc2n1CCNC(=O)C(N)CC1CCCCC1. The van der Waals surface area contributed by atoms with Crippen LogP contribution in [0, 0.1) is 12.8 Å². The summed E-state index contributed by atoms with van der Waals surface area (Å²) < 4.78 is 2.14. The average molecular weight is 328 g/mol. The van der Waals surface area contributed by atoms with E-state index in [1.807, 2.05) is 25.1 Å². The number of rotatable bonds is 6. The molecule has 0 saturated heterocycles. The first-order chi connectivity index (χ1) is 11.6. The Kier molecular flexibility index (Phi) is 5.51. The number of hydrogen-bond acceptors (Lipinski definition) is 3. The number of carbonyl (C=O) groups excluding carboxylic acids is 1. The van der Waals surface area contributed by atoms with Crippen LogP contribution in [0.4, 0.5) is 0 Å². The molecule has 1 fully saturated rings. The quantitative estimate of drug-likeness (QED) is 0.856. The van der Waals surface area contributed by atoms with Gasteiger partial charge < -0.3 is 15.6 Å². The largest absolute Gasteiger partial charge is 0.353 e. The summed E-state index contributed by atoms with van der Waals surface area (Å²) in [5.74, 6) is 1.57. The molecule has 1 aromatic carbocycles. The number of amides is 1. The minimum atomic E-state index is -0.381. The van der Waals surface area contributed by atoms with Gasteiger partial charge in [-0.3, -0.25) is 4.79 Å². The number of aromatic nitrogens is 2. The third-order valence-corrected chi connectivity index (χ3v) is 5.13. The topological polar surface area (TPSA) is 72.9 Å². The van der Waals surface area contributed by atoms with E-state index in [-0.39, 0.29) is 11.9 Å². The van der Waals surface area contributed by atoms with E-state index in [9.17, 15) is 4.79 Å². The van der Waals surface area contributed by atoms with E-state index in [4.69, 9.17) is 5.73 Å². The van der Waals surface area contributed by atoms with Gasteiger partial charge in [0.05, 0.1) is 17.1 Å². The van der Waals surface area contributed by atoms with Crippen LogP contribution in [0.3, 0.4) is 0 Å². The Bertz CT molecular complexity index is 688. The molecule has 1 amide bonds. The first kappa shape index (κ1) is 17.0. The maximum Gasteiger partial charge on any atom is 0.236 e. The van der Waals surface area contributed by atoms with Gasteiger partial charge in [0.1, 0.15) is 5.82 Å². The number of hydrogen-bond donors (Lipinski definition) is 2. The Hall–Kier alpha value is -1.88. The molecule has 0 bridgehead atoms. The molecule has 3 N–H and O–H groups in total. The van der Waals surface area contributed by atoms with E-state index in [0.717, 1.165) is 23.3 Å². The van der Waals surface area contributed by atoms with Crippen LogP contribution in [0.25, 0.3) is 11.0 Å². The summed E-state index contributed by atoms with van der Waals surface area (Å²) in [6, 6.07) is 7.70. The number of para-hydroxylation sites is 2. The highest BCUT2D eigenvalue weighted by Gasteiger charge is 2.21. The molecule has 0 aliphatic heterocycles. The Labute approximate surface area is 143 Å². The van der Waals surface area contributed by atoms with Crippen molar-refractivity contribution in [1.29, 1.82) is 0 Å². The van der Waals surface area contributed by atoms with Crippen LogP contribution in [0.5, 0.6) is 0 Å². The minimum absolute atomic E-state index is 0.0253. The molecule has 5 nitrogen and oxygen atoms in total. The first-order valence-corrected chi connectivity index (χ1v) is 9.10. The molecule has 3 rings (SSSR count). The number of carbonyl (C=O) groups is 1.